The fourth-order valence-electron chi connectivity index (χ4n) is 3.01. The lowest BCUT2D eigenvalue weighted by atomic mass is 10.2. The minimum atomic E-state index is -0.367. The summed E-state index contributed by atoms with van der Waals surface area (Å²) in [5.74, 6) is 0.145. The Morgan fingerprint density at radius 1 is 1.07 bits per heavy atom. The number of hydrogen-bond donors (Lipinski definition) is 1. The highest BCUT2D eigenvalue weighted by Gasteiger charge is 2.23. The molecule has 3 rings (SSSR count). The van der Waals surface area contributed by atoms with Crippen LogP contribution in [0.4, 0.5) is 5.69 Å². The van der Waals surface area contributed by atoms with Crippen LogP contribution in [0.2, 0.25) is 0 Å². The van der Waals surface area contributed by atoms with Gasteiger partial charge in [-0.2, -0.15) is 0 Å². The Morgan fingerprint density at radius 2 is 1.78 bits per heavy atom. The van der Waals surface area contributed by atoms with Crippen molar-refractivity contribution in [3.05, 3.63) is 53.9 Å². The average Bonchev–Trinajstić information content (AvgIpc) is 2.73. The maximum atomic E-state index is 12.7. The Labute approximate surface area is 158 Å². The predicted molar refractivity (Wildman–Crippen MR) is 103 cm³/mol. The van der Waals surface area contributed by atoms with Crippen LogP contribution >= 0.6 is 0 Å². The van der Waals surface area contributed by atoms with Crippen molar-refractivity contribution in [2.75, 3.05) is 45.2 Å². The first kappa shape index (κ1) is 18.8. The molecule has 2 heterocycles. The Kier molecular flexibility index (Phi) is 6.03. The average molecular weight is 368 g/mol. The van der Waals surface area contributed by atoms with Gasteiger partial charge in [0.25, 0.3) is 11.8 Å². The molecule has 1 aromatic carbocycles. The van der Waals surface area contributed by atoms with E-state index in [9.17, 15) is 9.59 Å². The lowest BCUT2D eigenvalue weighted by Gasteiger charge is -2.33. The largest absolute Gasteiger partial charge is 0.497 e. The van der Waals surface area contributed by atoms with Crippen LogP contribution in [0.1, 0.15) is 27.9 Å². The van der Waals surface area contributed by atoms with Crippen molar-refractivity contribution >= 4 is 17.5 Å². The molecule has 0 spiro atoms. The van der Waals surface area contributed by atoms with Gasteiger partial charge in [0.15, 0.2) is 0 Å². The maximum Gasteiger partial charge on any atom is 0.274 e. The molecule has 7 nitrogen and oxygen atoms in total. The summed E-state index contributed by atoms with van der Waals surface area (Å²) in [4.78, 5) is 33.6. The summed E-state index contributed by atoms with van der Waals surface area (Å²) in [6, 6.07) is 12.0. The predicted octanol–water partition coefficient (Wildman–Crippen LogP) is 2.12. The Balaban J connectivity index is 1.69. The zero-order chi connectivity index (χ0) is 19.2. The third-order valence-corrected chi connectivity index (χ3v) is 4.64. The minimum Gasteiger partial charge on any atom is -0.497 e. The number of carbonyl (C=O) groups is 2. The van der Waals surface area contributed by atoms with E-state index in [2.05, 4.69) is 22.1 Å². The molecule has 1 saturated heterocycles. The number of rotatable bonds is 5. The van der Waals surface area contributed by atoms with Crippen molar-refractivity contribution in [2.45, 2.75) is 6.92 Å². The lowest BCUT2D eigenvalue weighted by Crippen LogP contribution is -2.48. The fourth-order valence-corrected chi connectivity index (χ4v) is 3.01. The molecule has 0 bridgehead atoms. The number of ether oxygens (including phenoxy) is 1. The van der Waals surface area contributed by atoms with Crippen LogP contribution in [-0.4, -0.2) is 66.4 Å². The molecule has 2 amide bonds. The number of aromatic nitrogens is 1. The number of pyridine rings is 1. The second-order valence-corrected chi connectivity index (χ2v) is 6.32. The van der Waals surface area contributed by atoms with Gasteiger partial charge in [0.05, 0.1) is 7.11 Å². The van der Waals surface area contributed by atoms with Gasteiger partial charge in [-0.15, -0.1) is 0 Å². The molecule has 7 heteroatoms. The summed E-state index contributed by atoms with van der Waals surface area (Å²) in [5, 5.41) is 2.78. The summed E-state index contributed by atoms with van der Waals surface area (Å²) >= 11 is 0. The van der Waals surface area contributed by atoms with E-state index in [0.29, 0.717) is 30.2 Å². The monoisotopic (exact) mass is 368 g/mol. The van der Waals surface area contributed by atoms with E-state index in [1.54, 1.807) is 54.5 Å². The number of piperazine rings is 1. The number of amides is 2. The maximum absolute atomic E-state index is 12.7. The van der Waals surface area contributed by atoms with Gasteiger partial charge in [0.1, 0.15) is 17.1 Å². The Bertz CT molecular complexity index is 816. The highest BCUT2D eigenvalue weighted by molar-refractivity contribution is 6.04. The van der Waals surface area contributed by atoms with E-state index in [-0.39, 0.29) is 17.5 Å². The number of methoxy groups -OCH3 is 1. The van der Waals surface area contributed by atoms with Crippen LogP contribution in [0.5, 0.6) is 5.75 Å². The molecule has 1 aliphatic heterocycles. The fraction of sp³-hybridized carbons (Fsp3) is 0.350. The molecule has 0 unspecified atom stereocenters. The van der Waals surface area contributed by atoms with E-state index in [0.717, 1.165) is 19.6 Å². The second-order valence-electron chi connectivity index (χ2n) is 6.32. The molecule has 142 valence electrons. The Hall–Kier alpha value is -2.93. The molecule has 1 N–H and O–H groups in total. The number of hydrogen-bond acceptors (Lipinski definition) is 5. The Morgan fingerprint density at radius 3 is 2.48 bits per heavy atom. The number of nitrogens with one attached hydrogen (secondary N) is 1. The van der Waals surface area contributed by atoms with Gasteiger partial charge in [0, 0.05) is 37.9 Å². The van der Waals surface area contributed by atoms with Gasteiger partial charge in [-0.25, -0.2) is 4.98 Å². The molecule has 2 aromatic rings. The van der Waals surface area contributed by atoms with Crippen molar-refractivity contribution in [2.24, 2.45) is 0 Å². The number of nitrogens with zero attached hydrogens (tertiary/aromatic N) is 3. The van der Waals surface area contributed by atoms with Gasteiger partial charge < -0.3 is 19.9 Å². The first-order valence-corrected chi connectivity index (χ1v) is 9.05. The van der Waals surface area contributed by atoms with Crippen molar-refractivity contribution in [1.29, 1.82) is 0 Å². The van der Waals surface area contributed by atoms with Crippen molar-refractivity contribution in [1.82, 2.24) is 14.8 Å². The van der Waals surface area contributed by atoms with Crippen LogP contribution in [0.25, 0.3) is 0 Å². The smallest absolute Gasteiger partial charge is 0.274 e. The van der Waals surface area contributed by atoms with Crippen LogP contribution in [-0.2, 0) is 0 Å². The van der Waals surface area contributed by atoms with Crippen LogP contribution in [0.15, 0.2) is 42.5 Å². The summed E-state index contributed by atoms with van der Waals surface area (Å²) in [6.45, 7) is 6.17. The SMILES string of the molecule is CCN1CCN(C(=O)c2cccc(C(=O)Nc3cccc(OC)c3)n2)CC1. The van der Waals surface area contributed by atoms with Crippen molar-refractivity contribution in [3.63, 3.8) is 0 Å². The summed E-state index contributed by atoms with van der Waals surface area (Å²) < 4.78 is 5.15. The number of benzene rings is 1. The molecule has 1 aliphatic rings. The molecule has 0 aliphatic carbocycles. The number of carbonyl (C=O) groups excluding carboxylic acids is 2. The topological polar surface area (TPSA) is 74.8 Å². The third-order valence-electron chi connectivity index (χ3n) is 4.64. The number of anilines is 1. The molecule has 27 heavy (non-hydrogen) atoms. The first-order chi connectivity index (χ1) is 13.1. The standard InChI is InChI=1S/C20H24N4O3/c1-3-23-10-12-24(13-11-23)20(26)18-9-5-8-17(22-18)19(25)21-15-6-4-7-16(14-15)27-2/h4-9,14H,3,10-13H2,1-2H3,(H,21,25). The van der Waals surface area contributed by atoms with Gasteiger partial charge in [0.2, 0.25) is 0 Å². The molecule has 0 atom stereocenters. The molecule has 0 radical (unpaired) electrons. The van der Waals surface area contributed by atoms with E-state index >= 15 is 0 Å². The van der Waals surface area contributed by atoms with E-state index < -0.39 is 0 Å². The zero-order valence-corrected chi connectivity index (χ0v) is 15.6. The molecule has 0 saturated carbocycles. The van der Waals surface area contributed by atoms with Gasteiger partial charge in [-0.1, -0.05) is 19.1 Å². The van der Waals surface area contributed by atoms with Gasteiger partial charge in [-0.3, -0.25) is 9.59 Å². The quantitative estimate of drug-likeness (QED) is 0.875. The van der Waals surface area contributed by atoms with Crippen molar-refractivity contribution < 1.29 is 14.3 Å². The van der Waals surface area contributed by atoms with Crippen LogP contribution in [0, 0.1) is 0 Å². The first-order valence-electron chi connectivity index (χ1n) is 9.05. The third kappa shape index (κ3) is 4.62. The van der Waals surface area contributed by atoms with Gasteiger partial charge >= 0.3 is 0 Å². The second kappa shape index (κ2) is 8.64. The zero-order valence-electron chi connectivity index (χ0n) is 15.6. The minimum absolute atomic E-state index is 0.137. The van der Waals surface area contributed by atoms with Crippen LogP contribution in [0.3, 0.4) is 0 Å². The van der Waals surface area contributed by atoms with E-state index in [4.69, 9.17) is 4.74 Å². The van der Waals surface area contributed by atoms with Gasteiger partial charge in [-0.05, 0) is 30.8 Å². The summed E-state index contributed by atoms with van der Waals surface area (Å²) in [6.07, 6.45) is 0. The number of likely N-dealkylation sites (N-methyl/N-ethyl adjacent to an activating group) is 1. The van der Waals surface area contributed by atoms with Crippen LogP contribution < -0.4 is 10.1 Å². The van der Waals surface area contributed by atoms with E-state index in [1.165, 1.54) is 0 Å². The highest BCUT2D eigenvalue weighted by Crippen LogP contribution is 2.17. The molecular weight excluding hydrogens is 344 g/mol. The molecular formula is C20H24N4O3. The highest BCUT2D eigenvalue weighted by atomic mass is 16.5. The van der Waals surface area contributed by atoms with Crippen molar-refractivity contribution in [3.8, 4) is 5.75 Å². The normalized spacial score (nSPS) is 14.7. The molecule has 1 aromatic heterocycles. The summed E-state index contributed by atoms with van der Waals surface area (Å²) in [7, 11) is 1.57. The summed E-state index contributed by atoms with van der Waals surface area (Å²) in [5.41, 5.74) is 1.10. The lowest BCUT2D eigenvalue weighted by molar-refractivity contribution is 0.0637. The van der Waals surface area contributed by atoms with E-state index in [1.807, 2.05) is 0 Å². The molecule has 1 fully saturated rings.